The zero-order chi connectivity index (χ0) is 12.5. The number of pyridine rings is 1. The number of imidazole rings is 1. The van der Waals surface area contributed by atoms with Crippen LogP contribution in [0.25, 0.3) is 10.8 Å². The number of aryl methyl sites for hydroxylation is 2. The summed E-state index contributed by atoms with van der Waals surface area (Å²) in [7, 11) is 0. The van der Waals surface area contributed by atoms with Crippen molar-refractivity contribution in [2.45, 2.75) is 20.3 Å². The molecule has 18 heavy (non-hydrogen) atoms. The first-order chi connectivity index (χ1) is 8.75. The monoisotopic (exact) mass is 237 g/mol. The van der Waals surface area contributed by atoms with Gasteiger partial charge in [-0.3, -0.25) is 4.98 Å². The molecule has 0 unspecified atom stereocenters. The SMILES string of the molecule is Cc1nc[nH]c1Cc1cccc2c(C)nccc12. The smallest absolute Gasteiger partial charge is 0.0925 e. The average molecular weight is 237 g/mol. The van der Waals surface area contributed by atoms with Crippen LogP contribution in [0.3, 0.4) is 0 Å². The van der Waals surface area contributed by atoms with E-state index < -0.39 is 0 Å². The molecule has 0 bridgehead atoms. The summed E-state index contributed by atoms with van der Waals surface area (Å²) in [5.74, 6) is 0. The highest BCUT2D eigenvalue weighted by Gasteiger charge is 2.07. The first kappa shape index (κ1) is 11.0. The molecule has 2 aromatic heterocycles. The number of rotatable bonds is 2. The molecule has 3 rings (SSSR count). The fourth-order valence-electron chi connectivity index (χ4n) is 2.33. The van der Waals surface area contributed by atoms with Crippen LogP contribution in [0.4, 0.5) is 0 Å². The quantitative estimate of drug-likeness (QED) is 0.743. The van der Waals surface area contributed by atoms with Gasteiger partial charge in [-0.15, -0.1) is 0 Å². The zero-order valence-electron chi connectivity index (χ0n) is 10.6. The number of hydrogen-bond donors (Lipinski definition) is 1. The van der Waals surface area contributed by atoms with Gasteiger partial charge in [0, 0.05) is 29.4 Å². The van der Waals surface area contributed by atoms with Crippen LogP contribution < -0.4 is 0 Å². The van der Waals surface area contributed by atoms with E-state index in [9.17, 15) is 0 Å². The molecule has 3 nitrogen and oxygen atoms in total. The van der Waals surface area contributed by atoms with Gasteiger partial charge in [-0.2, -0.15) is 0 Å². The fourth-order valence-corrected chi connectivity index (χ4v) is 2.33. The second kappa shape index (κ2) is 4.26. The summed E-state index contributed by atoms with van der Waals surface area (Å²) in [5, 5.41) is 2.51. The average Bonchev–Trinajstić information content (AvgIpc) is 2.77. The Labute approximate surface area is 106 Å². The van der Waals surface area contributed by atoms with Gasteiger partial charge in [0.1, 0.15) is 0 Å². The largest absolute Gasteiger partial charge is 0.348 e. The van der Waals surface area contributed by atoms with E-state index in [2.05, 4.69) is 39.2 Å². The Morgan fingerprint density at radius 1 is 1.00 bits per heavy atom. The van der Waals surface area contributed by atoms with Crippen molar-refractivity contribution in [2.24, 2.45) is 0 Å². The number of hydrogen-bond acceptors (Lipinski definition) is 2. The molecule has 0 amide bonds. The molecule has 0 spiro atoms. The lowest BCUT2D eigenvalue weighted by molar-refractivity contribution is 1.09. The molecule has 1 N–H and O–H groups in total. The van der Waals surface area contributed by atoms with Crippen LogP contribution in [-0.2, 0) is 6.42 Å². The molecule has 0 saturated carbocycles. The number of H-pyrrole nitrogens is 1. The normalized spacial score (nSPS) is 11.0. The number of nitrogens with one attached hydrogen (secondary N) is 1. The molecule has 2 heterocycles. The zero-order valence-corrected chi connectivity index (χ0v) is 10.6. The first-order valence-electron chi connectivity index (χ1n) is 6.08. The van der Waals surface area contributed by atoms with E-state index in [4.69, 9.17) is 0 Å². The van der Waals surface area contributed by atoms with Crippen molar-refractivity contribution >= 4 is 10.8 Å². The molecule has 0 aliphatic rings. The van der Waals surface area contributed by atoms with Crippen LogP contribution in [0.5, 0.6) is 0 Å². The standard InChI is InChI=1S/C15H15N3/c1-10-13-5-3-4-12(14(13)6-7-16-10)8-15-11(2)17-9-18-15/h3-7,9H,8H2,1-2H3,(H,17,18). The highest BCUT2D eigenvalue weighted by molar-refractivity contribution is 5.87. The van der Waals surface area contributed by atoms with Crippen molar-refractivity contribution < 1.29 is 0 Å². The van der Waals surface area contributed by atoms with Crippen molar-refractivity contribution in [3.05, 3.63) is 59.4 Å². The van der Waals surface area contributed by atoms with E-state index in [1.807, 2.05) is 20.0 Å². The number of fused-ring (bicyclic) bond motifs is 1. The van der Waals surface area contributed by atoms with E-state index in [0.717, 1.165) is 17.8 Å². The molecule has 90 valence electrons. The molecule has 0 saturated heterocycles. The van der Waals surface area contributed by atoms with E-state index >= 15 is 0 Å². The van der Waals surface area contributed by atoms with Gasteiger partial charge in [-0.05, 0) is 30.9 Å². The number of benzene rings is 1. The van der Waals surface area contributed by atoms with Crippen LogP contribution in [0, 0.1) is 13.8 Å². The van der Waals surface area contributed by atoms with Crippen LogP contribution in [0.1, 0.15) is 22.6 Å². The third kappa shape index (κ3) is 1.78. The van der Waals surface area contributed by atoms with Crippen molar-refractivity contribution in [3.63, 3.8) is 0 Å². The second-order valence-electron chi connectivity index (χ2n) is 4.55. The van der Waals surface area contributed by atoms with Gasteiger partial charge in [0.2, 0.25) is 0 Å². The summed E-state index contributed by atoms with van der Waals surface area (Å²) in [6.45, 7) is 4.08. The Morgan fingerprint density at radius 3 is 2.67 bits per heavy atom. The molecule has 1 aromatic carbocycles. The molecular formula is C15H15N3. The Hall–Kier alpha value is -2.16. The maximum absolute atomic E-state index is 4.34. The van der Waals surface area contributed by atoms with E-state index in [1.54, 1.807) is 6.33 Å². The van der Waals surface area contributed by atoms with Crippen LogP contribution >= 0.6 is 0 Å². The predicted octanol–water partition coefficient (Wildman–Crippen LogP) is 3.17. The molecule has 3 heteroatoms. The fraction of sp³-hybridized carbons (Fsp3) is 0.200. The minimum Gasteiger partial charge on any atom is -0.348 e. The van der Waals surface area contributed by atoms with Crippen molar-refractivity contribution in [1.82, 2.24) is 15.0 Å². The predicted molar refractivity (Wildman–Crippen MR) is 72.6 cm³/mol. The summed E-state index contributed by atoms with van der Waals surface area (Å²) in [5.41, 5.74) is 4.63. The summed E-state index contributed by atoms with van der Waals surface area (Å²) in [6, 6.07) is 8.48. The highest BCUT2D eigenvalue weighted by Crippen LogP contribution is 2.22. The van der Waals surface area contributed by atoms with Crippen molar-refractivity contribution in [3.8, 4) is 0 Å². The number of nitrogens with zero attached hydrogens (tertiary/aromatic N) is 2. The Bertz CT molecular complexity index is 698. The summed E-state index contributed by atoms with van der Waals surface area (Å²) in [6.07, 6.45) is 4.51. The second-order valence-corrected chi connectivity index (χ2v) is 4.55. The minimum absolute atomic E-state index is 0.882. The molecule has 0 radical (unpaired) electrons. The number of aromatic nitrogens is 3. The molecule has 0 fully saturated rings. The minimum atomic E-state index is 0.882. The lowest BCUT2D eigenvalue weighted by Gasteiger charge is -2.07. The maximum atomic E-state index is 4.34. The van der Waals surface area contributed by atoms with Crippen molar-refractivity contribution in [1.29, 1.82) is 0 Å². The first-order valence-corrected chi connectivity index (χ1v) is 6.08. The van der Waals surface area contributed by atoms with Crippen LogP contribution in [0.15, 0.2) is 36.8 Å². The molecular weight excluding hydrogens is 222 g/mol. The van der Waals surface area contributed by atoms with E-state index in [0.29, 0.717) is 0 Å². The van der Waals surface area contributed by atoms with Crippen LogP contribution in [-0.4, -0.2) is 15.0 Å². The lowest BCUT2D eigenvalue weighted by Crippen LogP contribution is -1.94. The van der Waals surface area contributed by atoms with Gasteiger partial charge in [0.05, 0.1) is 12.0 Å². The third-order valence-electron chi connectivity index (χ3n) is 3.40. The Morgan fingerprint density at radius 2 is 1.89 bits per heavy atom. The Kier molecular flexibility index (Phi) is 2.59. The summed E-state index contributed by atoms with van der Waals surface area (Å²) in [4.78, 5) is 11.8. The van der Waals surface area contributed by atoms with E-state index in [-0.39, 0.29) is 0 Å². The topological polar surface area (TPSA) is 41.6 Å². The maximum Gasteiger partial charge on any atom is 0.0925 e. The van der Waals surface area contributed by atoms with Gasteiger partial charge in [0.25, 0.3) is 0 Å². The molecule has 0 aliphatic carbocycles. The summed E-state index contributed by atoms with van der Waals surface area (Å²) < 4.78 is 0. The number of aromatic amines is 1. The lowest BCUT2D eigenvalue weighted by atomic mass is 10.0. The van der Waals surface area contributed by atoms with Gasteiger partial charge in [-0.25, -0.2) is 4.98 Å². The van der Waals surface area contributed by atoms with Crippen LogP contribution in [0.2, 0.25) is 0 Å². The van der Waals surface area contributed by atoms with Gasteiger partial charge < -0.3 is 4.98 Å². The molecule has 0 aliphatic heterocycles. The summed E-state index contributed by atoms with van der Waals surface area (Å²) >= 11 is 0. The highest BCUT2D eigenvalue weighted by atomic mass is 14.9. The molecule has 0 atom stereocenters. The Balaban J connectivity index is 2.13. The third-order valence-corrected chi connectivity index (χ3v) is 3.40. The molecule has 3 aromatic rings. The van der Waals surface area contributed by atoms with Gasteiger partial charge in [0.15, 0.2) is 0 Å². The van der Waals surface area contributed by atoms with Crippen molar-refractivity contribution in [2.75, 3.05) is 0 Å². The van der Waals surface area contributed by atoms with E-state index in [1.165, 1.54) is 22.0 Å². The van der Waals surface area contributed by atoms with Gasteiger partial charge in [-0.1, -0.05) is 18.2 Å². The van der Waals surface area contributed by atoms with Gasteiger partial charge >= 0.3 is 0 Å².